The van der Waals surface area contributed by atoms with Crippen LogP contribution in [0.4, 0.5) is 16.0 Å². The number of hydrogen-bond donors (Lipinski definition) is 1. The number of nitrogens with zero attached hydrogens (tertiary/aromatic N) is 8. The van der Waals surface area contributed by atoms with Crippen LogP contribution in [-0.4, -0.2) is 66.3 Å². The molecule has 41 heavy (non-hydrogen) atoms. The summed E-state index contributed by atoms with van der Waals surface area (Å²) in [7, 11) is 0. The number of para-hydroxylation sites is 1. The van der Waals surface area contributed by atoms with Crippen LogP contribution in [-0.2, 0) is 10.3 Å². The number of hydrogen-bond acceptors (Lipinski definition) is 8. The van der Waals surface area contributed by atoms with Crippen LogP contribution in [0, 0.1) is 5.82 Å². The van der Waals surface area contributed by atoms with E-state index in [-0.39, 0.29) is 17.7 Å². The molecule has 0 radical (unpaired) electrons. The Balaban J connectivity index is 1.30. The topological polar surface area (TPSA) is 124 Å². The molecule has 2 aromatic carbocycles. The van der Waals surface area contributed by atoms with Gasteiger partial charge in [0.15, 0.2) is 22.6 Å². The van der Waals surface area contributed by atoms with Crippen molar-refractivity contribution in [3.8, 4) is 11.6 Å². The molecular weight excluding hydrogens is 525 g/mol. The summed E-state index contributed by atoms with van der Waals surface area (Å²) in [5, 5.41) is 9.73. The average Bonchev–Trinajstić information content (AvgIpc) is 3.77. The lowest BCUT2D eigenvalue weighted by atomic mass is 9.90. The summed E-state index contributed by atoms with van der Waals surface area (Å²) < 4.78 is 22.9. The molecule has 6 aromatic rings. The number of fused-ring (bicyclic) bond motifs is 3. The van der Waals surface area contributed by atoms with Gasteiger partial charge >= 0.3 is 0 Å². The molecular formula is C29H26FN9O2. The Bertz CT molecular complexity index is 1880. The molecule has 12 heteroatoms. The van der Waals surface area contributed by atoms with Crippen LogP contribution in [0.5, 0.6) is 0 Å². The molecule has 5 heterocycles. The molecule has 0 bridgehead atoms. The van der Waals surface area contributed by atoms with Crippen molar-refractivity contribution in [1.82, 2.24) is 34.3 Å². The number of anilines is 2. The molecule has 1 unspecified atom stereocenters. The molecule has 1 amide bonds. The molecule has 0 spiro atoms. The number of aromatic nitrogens is 6. The summed E-state index contributed by atoms with van der Waals surface area (Å²) in [6.45, 7) is 3.67. The van der Waals surface area contributed by atoms with Gasteiger partial charge in [0.1, 0.15) is 5.82 Å². The van der Waals surface area contributed by atoms with Gasteiger partial charge in [0.25, 0.3) is 5.91 Å². The fraction of sp³-hybridized carbons (Fsp3) is 0.207. The summed E-state index contributed by atoms with van der Waals surface area (Å²) in [4.78, 5) is 27.5. The van der Waals surface area contributed by atoms with Crippen molar-refractivity contribution >= 4 is 34.2 Å². The van der Waals surface area contributed by atoms with E-state index >= 15 is 0 Å². The molecule has 1 aliphatic heterocycles. The van der Waals surface area contributed by atoms with Crippen LogP contribution in [0.2, 0.25) is 0 Å². The number of halogens is 1. The Labute approximate surface area is 233 Å². The van der Waals surface area contributed by atoms with E-state index in [0.717, 1.165) is 5.56 Å². The van der Waals surface area contributed by atoms with Gasteiger partial charge in [0.05, 0.1) is 23.5 Å². The van der Waals surface area contributed by atoms with Gasteiger partial charge in [-0.15, -0.1) is 5.10 Å². The molecule has 1 saturated heterocycles. The van der Waals surface area contributed by atoms with Gasteiger partial charge < -0.3 is 20.0 Å². The quantitative estimate of drug-likeness (QED) is 0.345. The van der Waals surface area contributed by atoms with E-state index in [2.05, 4.69) is 20.2 Å². The Hall–Kier alpha value is -5.26. The largest absolute Gasteiger partial charge is 0.461 e. The molecule has 4 aromatic heterocycles. The predicted molar refractivity (Wildman–Crippen MR) is 151 cm³/mol. The molecule has 11 nitrogen and oxygen atoms in total. The standard InChI is InChI=1S/C29H26FN9O2/c1-29(19-8-3-2-4-9-19,27(40)37-15-13-36(14-16-37)22-11-6-5-10-21(22)30)39-26-20(18-32-39)25-33-24(23-12-7-17-41-23)35-38(25)28(31)34-26/h2-12,17-18H,13-16H2,1H3,(H2,31,34). The van der Waals surface area contributed by atoms with Crippen molar-refractivity contribution in [2.45, 2.75) is 12.5 Å². The summed E-state index contributed by atoms with van der Waals surface area (Å²) in [5.41, 5.74) is 7.22. The molecule has 0 saturated carbocycles. The maximum Gasteiger partial charge on any atom is 0.255 e. The van der Waals surface area contributed by atoms with E-state index in [9.17, 15) is 9.18 Å². The summed E-state index contributed by atoms with van der Waals surface area (Å²) in [6, 6.07) is 19.7. The van der Waals surface area contributed by atoms with Crippen molar-refractivity contribution in [1.29, 1.82) is 0 Å². The monoisotopic (exact) mass is 551 g/mol. The minimum atomic E-state index is -1.26. The first-order valence-corrected chi connectivity index (χ1v) is 13.2. The van der Waals surface area contributed by atoms with Gasteiger partial charge in [-0.25, -0.2) is 14.1 Å². The number of benzene rings is 2. The summed E-state index contributed by atoms with van der Waals surface area (Å²) in [6.07, 6.45) is 3.17. The number of nitrogen functional groups attached to an aromatic ring is 1. The number of carbonyl (C=O) groups is 1. The van der Waals surface area contributed by atoms with E-state index in [1.807, 2.05) is 48.2 Å². The number of carbonyl (C=O) groups excluding carboxylic acids is 1. The second-order valence-corrected chi connectivity index (χ2v) is 10.1. The lowest BCUT2D eigenvalue weighted by molar-refractivity contribution is -0.138. The Kier molecular flexibility index (Phi) is 5.70. The van der Waals surface area contributed by atoms with Crippen LogP contribution < -0.4 is 10.6 Å². The zero-order chi connectivity index (χ0) is 28.1. The van der Waals surface area contributed by atoms with Crippen molar-refractivity contribution in [3.63, 3.8) is 0 Å². The molecule has 1 fully saturated rings. The van der Waals surface area contributed by atoms with Crippen molar-refractivity contribution in [2.24, 2.45) is 0 Å². The summed E-state index contributed by atoms with van der Waals surface area (Å²) in [5.74, 6) is 0.523. The number of piperazine rings is 1. The van der Waals surface area contributed by atoms with E-state index in [1.54, 1.807) is 46.3 Å². The van der Waals surface area contributed by atoms with Gasteiger partial charge in [0.2, 0.25) is 11.8 Å². The lowest BCUT2D eigenvalue weighted by Crippen LogP contribution is -2.56. The first-order valence-electron chi connectivity index (χ1n) is 13.2. The van der Waals surface area contributed by atoms with Crippen molar-refractivity contribution in [2.75, 3.05) is 36.8 Å². The van der Waals surface area contributed by atoms with Crippen LogP contribution in [0.15, 0.2) is 83.6 Å². The first kappa shape index (κ1) is 24.8. The van der Waals surface area contributed by atoms with Crippen molar-refractivity contribution < 1.29 is 13.6 Å². The highest BCUT2D eigenvalue weighted by atomic mass is 19.1. The fourth-order valence-corrected chi connectivity index (χ4v) is 5.51. The van der Waals surface area contributed by atoms with E-state index < -0.39 is 5.54 Å². The number of furan rings is 1. The fourth-order valence-electron chi connectivity index (χ4n) is 5.51. The first-order chi connectivity index (χ1) is 19.9. The third-order valence-corrected chi connectivity index (χ3v) is 7.71. The second kappa shape index (κ2) is 9.44. The number of amides is 1. The SMILES string of the molecule is CC(C(=O)N1CCN(c2ccccc2F)CC1)(c1ccccc1)n1ncc2c1nc(N)n1nc(-c3ccco3)nc21. The van der Waals surface area contributed by atoms with Crippen LogP contribution in [0.1, 0.15) is 12.5 Å². The van der Waals surface area contributed by atoms with Crippen LogP contribution in [0.25, 0.3) is 28.3 Å². The molecule has 206 valence electrons. The minimum Gasteiger partial charge on any atom is -0.461 e. The van der Waals surface area contributed by atoms with Crippen LogP contribution in [0.3, 0.4) is 0 Å². The number of rotatable bonds is 5. The van der Waals surface area contributed by atoms with Crippen molar-refractivity contribution in [3.05, 3.63) is 90.6 Å². The molecule has 7 rings (SSSR count). The van der Waals surface area contributed by atoms with Gasteiger partial charge in [-0.05, 0) is 36.8 Å². The van der Waals surface area contributed by atoms with Crippen LogP contribution >= 0.6 is 0 Å². The third kappa shape index (κ3) is 3.90. The zero-order valence-electron chi connectivity index (χ0n) is 22.2. The third-order valence-electron chi connectivity index (χ3n) is 7.71. The lowest BCUT2D eigenvalue weighted by Gasteiger charge is -2.40. The van der Waals surface area contributed by atoms with Gasteiger partial charge in [-0.2, -0.15) is 14.6 Å². The molecule has 0 aliphatic carbocycles. The molecule has 2 N–H and O–H groups in total. The second-order valence-electron chi connectivity index (χ2n) is 10.1. The van der Waals surface area contributed by atoms with Gasteiger partial charge in [0, 0.05) is 26.2 Å². The van der Waals surface area contributed by atoms with E-state index in [4.69, 9.17) is 10.2 Å². The minimum absolute atomic E-state index is 0.0981. The average molecular weight is 552 g/mol. The maximum atomic E-state index is 14.4. The molecule has 1 aliphatic rings. The normalized spacial score (nSPS) is 15.5. The van der Waals surface area contributed by atoms with E-state index in [1.165, 1.54) is 10.6 Å². The maximum absolute atomic E-state index is 14.4. The Morgan fingerprint density at radius 2 is 1.71 bits per heavy atom. The Morgan fingerprint density at radius 1 is 0.951 bits per heavy atom. The van der Waals surface area contributed by atoms with Gasteiger partial charge in [-0.1, -0.05) is 42.5 Å². The molecule has 1 atom stereocenters. The summed E-state index contributed by atoms with van der Waals surface area (Å²) >= 11 is 0. The Morgan fingerprint density at radius 3 is 2.44 bits per heavy atom. The van der Waals surface area contributed by atoms with Gasteiger partial charge in [-0.3, -0.25) is 4.79 Å². The number of nitrogens with two attached hydrogens (primary N) is 1. The highest BCUT2D eigenvalue weighted by molar-refractivity contribution is 5.94. The predicted octanol–water partition coefficient (Wildman–Crippen LogP) is 3.57. The van der Waals surface area contributed by atoms with E-state index in [0.29, 0.717) is 60.1 Å². The highest BCUT2D eigenvalue weighted by Gasteiger charge is 2.43. The zero-order valence-corrected chi connectivity index (χ0v) is 22.2. The smallest absolute Gasteiger partial charge is 0.255 e. The highest BCUT2D eigenvalue weighted by Crippen LogP contribution is 2.33.